The van der Waals surface area contributed by atoms with Crippen molar-refractivity contribution in [3.8, 4) is 22.0 Å². The van der Waals surface area contributed by atoms with E-state index in [2.05, 4.69) is 15.5 Å². The predicted octanol–water partition coefficient (Wildman–Crippen LogP) is 4.65. The maximum Gasteiger partial charge on any atom is 0.227 e. The van der Waals surface area contributed by atoms with Gasteiger partial charge in [0.25, 0.3) is 0 Å². The van der Waals surface area contributed by atoms with Gasteiger partial charge in [0.15, 0.2) is 11.5 Å². The van der Waals surface area contributed by atoms with Crippen LogP contribution >= 0.6 is 11.3 Å². The lowest BCUT2D eigenvalue weighted by atomic mass is 10.1. The Morgan fingerprint density at radius 3 is 2.79 bits per heavy atom. The molecule has 4 aromatic rings. The smallest absolute Gasteiger partial charge is 0.227 e. The molecule has 0 unspecified atom stereocenters. The monoisotopic (exact) mass is 389 g/mol. The summed E-state index contributed by atoms with van der Waals surface area (Å²) in [5.74, 6) is 0.998. The van der Waals surface area contributed by atoms with E-state index in [0.29, 0.717) is 5.65 Å². The third-order valence-electron chi connectivity index (χ3n) is 5.16. The third-order valence-corrected chi connectivity index (χ3v) is 6.02. The molecule has 3 aromatic heterocycles. The Labute approximate surface area is 166 Å². The van der Waals surface area contributed by atoms with E-state index in [1.165, 1.54) is 0 Å². The summed E-state index contributed by atoms with van der Waals surface area (Å²) in [5, 5.41) is 18.3. The number of hydrogen-bond donors (Lipinski definition) is 1. The van der Waals surface area contributed by atoms with Gasteiger partial charge in [0.2, 0.25) is 5.91 Å². The molecule has 1 aliphatic rings. The molecule has 140 valence electrons. The molecule has 0 bridgehead atoms. The number of thiophene rings is 1. The first-order valence-electron chi connectivity index (χ1n) is 9.45. The van der Waals surface area contributed by atoms with Crippen molar-refractivity contribution in [2.45, 2.75) is 25.7 Å². The van der Waals surface area contributed by atoms with E-state index in [1.807, 2.05) is 53.9 Å². The van der Waals surface area contributed by atoms with Gasteiger partial charge in [-0.2, -0.15) is 9.61 Å². The third kappa shape index (κ3) is 3.18. The van der Waals surface area contributed by atoms with Crippen molar-refractivity contribution in [3.63, 3.8) is 0 Å². The first-order chi connectivity index (χ1) is 13.8. The second-order valence-corrected chi connectivity index (χ2v) is 7.99. The lowest BCUT2D eigenvalue weighted by Crippen LogP contribution is -2.20. The maximum absolute atomic E-state index is 12.4. The highest BCUT2D eigenvalue weighted by Crippen LogP contribution is 2.28. The molecule has 1 saturated carbocycles. The Morgan fingerprint density at radius 2 is 1.96 bits per heavy atom. The molecule has 0 atom stereocenters. The van der Waals surface area contributed by atoms with Crippen LogP contribution in [0.3, 0.4) is 0 Å². The number of amides is 1. The summed E-state index contributed by atoms with van der Waals surface area (Å²) in [5.41, 5.74) is 3.26. The van der Waals surface area contributed by atoms with Gasteiger partial charge >= 0.3 is 0 Å². The normalized spacial score (nSPS) is 14.6. The highest BCUT2D eigenvalue weighted by atomic mass is 32.1. The van der Waals surface area contributed by atoms with Crippen molar-refractivity contribution in [1.82, 2.24) is 19.8 Å². The number of anilines is 1. The molecular formula is C21H19N5OS. The Kier molecular flexibility index (Phi) is 4.37. The predicted molar refractivity (Wildman–Crippen MR) is 110 cm³/mol. The molecule has 0 radical (unpaired) electrons. The molecule has 1 aliphatic carbocycles. The molecule has 0 spiro atoms. The van der Waals surface area contributed by atoms with Crippen LogP contribution in [0.5, 0.6) is 0 Å². The number of carbonyl (C=O) groups is 1. The van der Waals surface area contributed by atoms with E-state index in [0.717, 1.165) is 53.3 Å². The summed E-state index contributed by atoms with van der Waals surface area (Å²) in [4.78, 5) is 13.5. The summed E-state index contributed by atoms with van der Waals surface area (Å²) in [7, 11) is 0. The van der Waals surface area contributed by atoms with Crippen molar-refractivity contribution in [2.75, 3.05) is 5.32 Å². The van der Waals surface area contributed by atoms with Gasteiger partial charge in [0.05, 0.1) is 10.6 Å². The minimum absolute atomic E-state index is 0.122. The maximum atomic E-state index is 12.4. The van der Waals surface area contributed by atoms with Crippen LogP contribution in [0.1, 0.15) is 25.7 Å². The van der Waals surface area contributed by atoms with Crippen LogP contribution in [0.25, 0.3) is 27.6 Å². The standard InChI is InChI=1S/C21H19N5OS/c27-21(14-5-1-2-6-14)22-16-8-3-7-15(13-16)17-10-11-19-23-24-20(26(19)25-17)18-9-4-12-28-18/h3-4,7-14H,1-2,5-6H2,(H,22,27). The fourth-order valence-electron chi connectivity index (χ4n) is 3.69. The van der Waals surface area contributed by atoms with Crippen molar-refractivity contribution >= 4 is 28.6 Å². The Bertz CT molecular complexity index is 1130. The lowest BCUT2D eigenvalue weighted by Gasteiger charge is -2.11. The quantitative estimate of drug-likeness (QED) is 0.551. The van der Waals surface area contributed by atoms with Crippen LogP contribution in [-0.2, 0) is 4.79 Å². The molecule has 6 nitrogen and oxygen atoms in total. The van der Waals surface area contributed by atoms with Crippen LogP contribution in [0.2, 0.25) is 0 Å². The van der Waals surface area contributed by atoms with E-state index >= 15 is 0 Å². The van der Waals surface area contributed by atoms with Gasteiger partial charge < -0.3 is 5.32 Å². The molecule has 7 heteroatoms. The molecule has 0 saturated heterocycles. The number of aromatic nitrogens is 4. The molecule has 3 heterocycles. The fourth-order valence-corrected chi connectivity index (χ4v) is 4.38. The first kappa shape index (κ1) is 17.1. The number of benzene rings is 1. The van der Waals surface area contributed by atoms with E-state index in [4.69, 9.17) is 5.10 Å². The number of rotatable bonds is 4. The lowest BCUT2D eigenvalue weighted by molar-refractivity contribution is -0.119. The fraction of sp³-hybridized carbons (Fsp3) is 0.238. The Morgan fingerprint density at radius 1 is 1.07 bits per heavy atom. The van der Waals surface area contributed by atoms with Crippen LogP contribution in [-0.4, -0.2) is 25.7 Å². The van der Waals surface area contributed by atoms with Crippen LogP contribution < -0.4 is 5.32 Å². The van der Waals surface area contributed by atoms with Crippen molar-refractivity contribution in [1.29, 1.82) is 0 Å². The average molecular weight is 389 g/mol. The Balaban J connectivity index is 1.46. The zero-order chi connectivity index (χ0) is 18.9. The first-order valence-corrected chi connectivity index (χ1v) is 10.3. The van der Waals surface area contributed by atoms with Gasteiger partial charge in [-0.3, -0.25) is 4.79 Å². The minimum Gasteiger partial charge on any atom is -0.326 e. The SMILES string of the molecule is O=C(Nc1cccc(-c2ccc3nnc(-c4cccs4)n3n2)c1)C1CCCC1. The van der Waals surface area contributed by atoms with Gasteiger partial charge in [-0.15, -0.1) is 21.5 Å². The topological polar surface area (TPSA) is 72.2 Å². The summed E-state index contributed by atoms with van der Waals surface area (Å²) < 4.78 is 1.77. The second kappa shape index (κ2) is 7.16. The largest absolute Gasteiger partial charge is 0.326 e. The molecule has 1 aromatic carbocycles. The van der Waals surface area contributed by atoms with Crippen LogP contribution in [0.15, 0.2) is 53.9 Å². The molecule has 1 fully saturated rings. The van der Waals surface area contributed by atoms with E-state index in [-0.39, 0.29) is 11.8 Å². The zero-order valence-corrected chi connectivity index (χ0v) is 16.0. The summed E-state index contributed by atoms with van der Waals surface area (Å²) in [6.45, 7) is 0. The van der Waals surface area contributed by atoms with Gasteiger partial charge in [-0.25, -0.2) is 0 Å². The zero-order valence-electron chi connectivity index (χ0n) is 15.2. The second-order valence-electron chi connectivity index (χ2n) is 7.04. The van der Waals surface area contributed by atoms with Crippen molar-refractivity contribution in [2.24, 2.45) is 5.92 Å². The van der Waals surface area contributed by atoms with Crippen molar-refractivity contribution in [3.05, 3.63) is 53.9 Å². The van der Waals surface area contributed by atoms with Gasteiger partial charge in [-0.1, -0.05) is 31.0 Å². The molecule has 1 N–H and O–H groups in total. The van der Waals surface area contributed by atoms with E-state index in [1.54, 1.807) is 15.9 Å². The molecule has 28 heavy (non-hydrogen) atoms. The molecular weight excluding hydrogens is 370 g/mol. The highest BCUT2D eigenvalue weighted by molar-refractivity contribution is 7.13. The van der Waals surface area contributed by atoms with Crippen molar-refractivity contribution < 1.29 is 4.79 Å². The summed E-state index contributed by atoms with van der Waals surface area (Å²) >= 11 is 1.61. The van der Waals surface area contributed by atoms with E-state index in [9.17, 15) is 4.79 Å². The number of hydrogen-bond acceptors (Lipinski definition) is 5. The highest BCUT2D eigenvalue weighted by Gasteiger charge is 2.22. The number of fused-ring (bicyclic) bond motifs is 1. The van der Waals surface area contributed by atoms with E-state index < -0.39 is 0 Å². The minimum atomic E-state index is 0.122. The molecule has 1 amide bonds. The number of nitrogens with zero attached hydrogens (tertiary/aromatic N) is 4. The molecule has 0 aliphatic heterocycles. The van der Waals surface area contributed by atoms with Gasteiger partial charge in [0.1, 0.15) is 0 Å². The summed E-state index contributed by atoms with van der Waals surface area (Å²) in [6, 6.07) is 15.7. The van der Waals surface area contributed by atoms with Crippen LogP contribution in [0.4, 0.5) is 5.69 Å². The van der Waals surface area contributed by atoms with Gasteiger partial charge in [-0.05, 0) is 48.6 Å². The average Bonchev–Trinajstić information content (AvgIpc) is 3.48. The van der Waals surface area contributed by atoms with Crippen LogP contribution in [0, 0.1) is 5.92 Å². The summed E-state index contributed by atoms with van der Waals surface area (Å²) in [6.07, 6.45) is 4.27. The number of carbonyl (C=O) groups excluding carboxylic acids is 1. The Hall–Kier alpha value is -3.06. The molecule has 5 rings (SSSR count). The number of nitrogens with one attached hydrogen (secondary N) is 1. The van der Waals surface area contributed by atoms with Gasteiger partial charge in [0, 0.05) is 17.2 Å².